The summed E-state index contributed by atoms with van der Waals surface area (Å²) in [5.41, 5.74) is -0.816. The van der Waals surface area contributed by atoms with Gasteiger partial charge in [-0.2, -0.15) is 18.3 Å². The van der Waals surface area contributed by atoms with Gasteiger partial charge in [-0.25, -0.2) is 0 Å². The smallest absolute Gasteiger partial charge is 0.381 e. The summed E-state index contributed by atoms with van der Waals surface area (Å²) < 4.78 is 47.4. The highest BCUT2D eigenvalue weighted by molar-refractivity contribution is 14.1. The highest BCUT2D eigenvalue weighted by Crippen LogP contribution is 2.38. The van der Waals surface area contributed by atoms with E-state index >= 15 is 0 Å². The molecule has 1 saturated heterocycles. The number of benzene rings is 1. The molecule has 0 saturated carbocycles. The van der Waals surface area contributed by atoms with Crippen molar-refractivity contribution in [2.75, 3.05) is 18.5 Å². The van der Waals surface area contributed by atoms with Gasteiger partial charge in [-0.3, -0.25) is 9.48 Å². The first-order chi connectivity index (χ1) is 13.1. The van der Waals surface area contributed by atoms with Gasteiger partial charge in [0.1, 0.15) is 5.54 Å². The Morgan fingerprint density at radius 3 is 2.54 bits per heavy atom. The second-order valence-corrected chi connectivity index (χ2v) is 8.55. The average Bonchev–Trinajstić information content (AvgIpc) is 3.09. The van der Waals surface area contributed by atoms with Gasteiger partial charge in [-0.05, 0) is 79.0 Å². The first-order valence-electron chi connectivity index (χ1n) is 8.90. The summed E-state index contributed by atoms with van der Waals surface area (Å²) in [6.45, 7) is 4.41. The Kier molecular flexibility index (Phi) is 6.04. The van der Waals surface area contributed by atoms with Crippen LogP contribution in [0, 0.1) is 3.57 Å². The molecule has 0 radical (unpaired) electrons. The molecule has 1 N–H and O–H groups in total. The standard InChI is InChI=1S/C19H21F3IN3O2/c1-18(2,26-11-14(23)10-24-26)17(27)25-16-4-3-13(19(20,21)22)9-15(16)12-5-7-28-8-6-12/h3-4,9-12H,5-8H2,1-2H3,(H,25,27). The van der Waals surface area contributed by atoms with Crippen LogP contribution in [0.5, 0.6) is 0 Å². The zero-order valence-electron chi connectivity index (χ0n) is 15.5. The molecular formula is C19H21F3IN3O2. The van der Waals surface area contributed by atoms with Gasteiger partial charge < -0.3 is 10.1 Å². The number of rotatable bonds is 4. The van der Waals surface area contributed by atoms with Crippen molar-refractivity contribution >= 4 is 34.2 Å². The van der Waals surface area contributed by atoms with Crippen LogP contribution in [0.3, 0.4) is 0 Å². The van der Waals surface area contributed by atoms with Crippen molar-refractivity contribution in [3.05, 3.63) is 45.3 Å². The van der Waals surface area contributed by atoms with Crippen molar-refractivity contribution in [3.8, 4) is 0 Å². The van der Waals surface area contributed by atoms with Gasteiger partial charge >= 0.3 is 6.18 Å². The topological polar surface area (TPSA) is 56.1 Å². The molecule has 0 unspecified atom stereocenters. The summed E-state index contributed by atoms with van der Waals surface area (Å²) in [6.07, 6.45) is 0.177. The molecule has 2 aromatic rings. The molecule has 1 aliphatic rings. The van der Waals surface area contributed by atoms with Crippen LogP contribution < -0.4 is 5.32 Å². The second-order valence-electron chi connectivity index (χ2n) is 7.30. The van der Waals surface area contributed by atoms with Crippen LogP contribution in [0.25, 0.3) is 0 Å². The number of halogens is 4. The van der Waals surface area contributed by atoms with Crippen LogP contribution in [0.4, 0.5) is 18.9 Å². The summed E-state index contributed by atoms with van der Waals surface area (Å²) in [4.78, 5) is 12.9. The summed E-state index contributed by atoms with van der Waals surface area (Å²) in [5, 5.41) is 7.02. The zero-order chi connectivity index (χ0) is 20.5. The third-order valence-electron chi connectivity index (χ3n) is 4.97. The maximum Gasteiger partial charge on any atom is 0.416 e. The molecule has 2 heterocycles. The Bertz CT molecular complexity index is 858. The fourth-order valence-corrected chi connectivity index (χ4v) is 3.57. The number of hydrogen-bond acceptors (Lipinski definition) is 3. The van der Waals surface area contributed by atoms with E-state index in [0.29, 0.717) is 37.3 Å². The molecule has 3 rings (SSSR count). The highest BCUT2D eigenvalue weighted by Gasteiger charge is 2.34. The fraction of sp³-hybridized carbons (Fsp3) is 0.474. The molecule has 152 valence electrons. The third kappa shape index (κ3) is 4.51. The molecule has 1 amide bonds. The van der Waals surface area contributed by atoms with Crippen molar-refractivity contribution in [3.63, 3.8) is 0 Å². The van der Waals surface area contributed by atoms with Crippen LogP contribution >= 0.6 is 22.6 Å². The second kappa shape index (κ2) is 8.02. The third-order valence-corrected chi connectivity index (χ3v) is 5.52. The molecule has 1 aromatic heterocycles. The van der Waals surface area contributed by atoms with Crippen LogP contribution in [0.15, 0.2) is 30.6 Å². The van der Waals surface area contributed by atoms with E-state index in [1.165, 1.54) is 6.07 Å². The summed E-state index contributed by atoms with van der Waals surface area (Å²) in [6, 6.07) is 3.49. The number of alkyl halides is 3. The van der Waals surface area contributed by atoms with E-state index in [0.717, 1.165) is 15.7 Å². The molecule has 9 heteroatoms. The number of carbonyl (C=O) groups is 1. The Hall–Kier alpha value is -1.62. The lowest BCUT2D eigenvalue weighted by Crippen LogP contribution is -2.41. The number of hydrogen-bond donors (Lipinski definition) is 1. The Labute approximate surface area is 174 Å². The summed E-state index contributed by atoms with van der Waals surface area (Å²) >= 11 is 2.10. The molecule has 1 fully saturated rings. The molecule has 0 atom stereocenters. The minimum absolute atomic E-state index is 0.0971. The van der Waals surface area contributed by atoms with Crippen molar-refractivity contribution in [1.82, 2.24) is 9.78 Å². The predicted octanol–water partition coefficient (Wildman–Crippen LogP) is 4.77. The van der Waals surface area contributed by atoms with Crippen molar-refractivity contribution in [2.45, 2.75) is 44.3 Å². The summed E-state index contributed by atoms with van der Waals surface area (Å²) in [5.74, 6) is -0.444. The maximum atomic E-state index is 13.2. The molecule has 0 spiro atoms. The molecule has 0 aliphatic carbocycles. The van der Waals surface area contributed by atoms with E-state index in [-0.39, 0.29) is 11.8 Å². The van der Waals surface area contributed by atoms with Gasteiger partial charge in [0.25, 0.3) is 5.91 Å². The summed E-state index contributed by atoms with van der Waals surface area (Å²) in [7, 11) is 0. The van der Waals surface area contributed by atoms with Gasteiger partial charge in [0.05, 0.1) is 15.3 Å². The van der Waals surface area contributed by atoms with Crippen molar-refractivity contribution in [2.24, 2.45) is 0 Å². The van der Waals surface area contributed by atoms with Gasteiger partial charge in [-0.15, -0.1) is 0 Å². The van der Waals surface area contributed by atoms with E-state index in [9.17, 15) is 18.0 Å². The number of nitrogens with one attached hydrogen (secondary N) is 1. The number of ether oxygens (including phenoxy) is 1. The van der Waals surface area contributed by atoms with Crippen LogP contribution in [-0.2, 0) is 21.2 Å². The molecule has 5 nitrogen and oxygen atoms in total. The van der Waals surface area contributed by atoms with E-state index in [1.54, 1.807) is 30.9 Å². The quantitative estimate of drug-likeness (QED) is 0.607. The highest BCUT2D eigenvalue weighted by atomic mass is 127. The van der Waals surface area contributed by atoms with Gasteiger partial charge in [0.15, 0.2) is 0 Å². The van der Waals surface area contributed by atoms with Gasteiger partial charge in [-0.1, -0.05) is 0 Å². The van der Waals surface area contributed by atoms with Gasteiger partial charge in [0.2, 0.25) is 0 Å². The van der Waals surface area contributed by atoms with E-state index < -0.39 is 17.3 Å². The lowest BCUT2D eigenvalue weighted by molar-refractivity contribution is -0.137. The number of carbonyl (C=O) groups excluding carboxylic acids is 1. The number of amides is 1. The molecular weight excluding hydrogens is 486 g/mol. The number of nitrogens with zero attached hydrogens (tertiary/aromatic N) is 2. The predicted molar refractivity (Wildman–Crippen MR) is 107 cm³/mol. The number of aromatic nitrogens is 2. The van der Waals surface area contributed by atoms with Crippen LogP contribution in [0.2, 0.25) is 0 Å². The van der Waals surface area contributed by atoms with Gasteiger partial charge in [0, 0.05) is 25.1 Å². The Morgan fingerprint density at radius 2 is 1.96 bits per heavy atom. The van der Waals surface area contributed by atoms with Crippen molar-refractivity contribution in [1.29, 1.82) is 0 Å². The minimum atomic E-state index is -4.44. The Balaban J connectivity index is 1.92. The maximum absolute atomic E-state index is 13.2. The van der Waals surface area contributed by atoms with Crippen LogP contribution in [-0.4, -0.2) is 28.9 Å². The average molecular weight is 507 g/mol. The first kappa shape index (κ1) is 21.1. The largest absolute Gasteiger partial charge is 0.416 e. The SMILES string of the molecule is CC(C)(C(=O)Nc1ccc(C(F)(F)F)cc1C1CCOCC1)n1cc(I)cn1. The van der Waals surface area contributed by atoms with Crippen LogP contribution in [0.1, 0.15) is 43.7 Å². The van der Waals surface area contributed by atoms with E-state index in [1.807, 2.05) is 0 Å². The van der Waals surface area contributed by atoms with E-state index in [2.05, 4.69) is 33.0 Å². The lowest BCUT2D eigenvalue weighted by atomic mass is 9.89. The molecule has 1 aliphatic heterocycles. The zero-order valence-corrected chi connectivity index (χ0v) is 17.7. The first-order valence-corrected chi connectivity index (χ1v) is 9.98. The lowest BCUT2D eigenvalue weighted by Gasteiger charge is -2.28. The fourth-order valence-electron chi connectivity index (χ4n) is 3.19. The number of anilines is 1. The van der Waals surface area contributed by atoms with E-state index in [4.69, 9.17) is 4.74 Å². The molecule has 0 bridgehead atoms. The van der Waals surface area contributed by atoms with Crippen molar-refractivity contribution < 1.29 is 22.7 Å². The molecule has 28 heavy (non-hydrogen) atoms. The Morgan fingerprint density at radius 1 is 1.29 bits per heavy atom. The molecule has 1 aromatic carbocycles. The monoisotopic (exact) mass is 507 g/mol. The normalized spacial score (nSPS) is 16.2. The minimum Gasteiger partial charge on any atom is -0.381 e.